The first-order valence-corrected chi connectivity index (χ1v) is 6.27. The summed E-state index contributed by atoms with van der Waals surface area (Å²) in [6.07, 6.45) is 1.65. The summed E-state index contributed by atoms with van der Waals surface area (Å²) in [5.41, 5.74) is 5.26. The zero-order chi connectivity index (χ0) is 14.2. The van der Waals surface area contributed by atoms with Gasteiger partial charge in [0.15, 0.2) is 0 Å². The van der Waals surface area contributed by atoms with Crippen LogP contribution in [-0.4, -0.2) is 36.1 Å². The van der Waals surface area contributed by atoms with Gasteiger partial charge in [-0.15, -0.1) is 0 Å². The predicted molar refractivity (Wildman–Crippen MR) is 72.6 cm³/mol. The summed E-state index contributed by atoms with van der Waals surface area (Å²) < 4.78 is 0. The van der Waals surface area contributed by atoms with Gasteiger partial charge in [0.2, 0.25) is 5.91 Å². The number of rotatable bonds is 8. The molecule has 0 aliphatic rings. The van der Waals surface area contributed by atoms with Crippen molar-refractivity contribution < 1.29 is 10.0 Å². The largest absolute Gasteiger partial charge is 0.409 e. The number of hydrogen-bond donors (Lipinski definition) is 4. The average molecular weight is 258 g/mol. The molecule has 6 nitrogen and oxygen atoms in total. The van der Waals surface area contributed by atoms with Gasteiger partial charge < -0.3 is 21.6 Å². The third-order valence-corrected chi connectivity index (χ3v) is 2.69. The Morgan fingerprint density at radius 2 is 2.06 bits per heavy atom. The second-order valence-corrected chi connectivity index (χ2v) is 5.37. The molecule has 0 aliphatic heterocycles. The van der Waals surface area contributed by atoms with E-state index in [4.69, 9.17) is 10.9 Å². The van der Waals surface area contributed by atoms with E-state index in [1.54, 1.807) is 0 Å². The molecule has 1 amide bonds. The molecule has 5 N–H and O–H groups in total. The summed E-state index contributed by atoms with van der Waals surface area (Å²) in [6, 6.07) is 0.166. The van der Waals surface area contributed by atoms with Crippen molar-refractivity contribution in [2.75, 3.05) is 13.1 Å². The zero-order valence-electron chi connectivity index (χ0n) is 11.8. The van der Waals surface area contributed by atoms with E-state index >= 15 is 0 Å². The second-order valence-electron chi connectivity index (χ2n) is 5.37. The Hall–Kier alpha value is -1.30. The van der Waals surface area contributed by atoms with Gasteiger partial charge in [-0.25, -0.2) is 0 Å². The van der Waals surface area contributed by atoms with Crippen LogP contribution in [0.4, 0.5) is 0 Å². The fraction of sp³-hybridized carbons (Fsp3) is 0.833. The number of nitrogens with zero attached hydrogens (tertiary/aromatic N) is 1. The number of hydrogen-bond acceptors (Lipinski definition) is 4. The normalized spacial score (nSPS) is 12.8. The van der Waals surface area contributed by atoms with Crippen LogP contribution in [0.2, 0.25) is 0 Å². The Morgan fingerprint density at radius 1 is 1.44 bits per heavy atom. The van der Waals surface area contributed by atoms with Gasteiger partial charge in [-0.1, -0.05) is 19.0 Å². The molecule has 0 aromatic rings. The molecular weight excluding hydrogens is 232 g/mol. The molecule has 0 aliphatic carbocycles. The molecule has 0 spiro atoms. The minimum Gasteiger partial charge on any atom is -0.409 e. The molecule has 0 heterocycles. The lowest BCUT2D eigenvalue weighted by atomic mass is 9.86. The van der Waals surface area contributed by atoms with Gasteiger partial charge in [0, 0.05) is 11.5 Å². The van der Waals surface area contributed by atoms with Crippen molar-refractivity contribution in [1.29, 1.82) is 0 Å². The van der Waals surface area contributed by atoms with Gasteiger partial charge in [0.25, 0.3) is 0 Å². The maximum Gasteiger partial charge on any atom is 0.234 e. The van der Waals surface area contributed by atoms with E-state index in [1.165, 1.54) is 0 Å². The highest BCUT2D eigenvalue weighted by atomic mass is 16.4. The molecular formula is C12H26N4O2. The molecule has 0 bridgehead atoms. The quantitative estimate of drug-likeness (QED) is 0.169. The highest BCUT2D eigenvalue weighted by molar-refractivity contribution is 5.85. The highest BCUT2D eigenvalue weighted by Gasteiger charge is 2.22. The number of nitrogens with two attached hydrogens (primary N) is 1. The van der Waals surface area contributed by atoms with E-state index in [1.807, 2.05) is 27.7 Å². The van der Waals surface area contributed by atoms with Crippen molar-refractivity contribution in [2.45, 2.75) is 46.6 Å². The van der Waals surface area contributed by atoms with Crippen LogP contribution in [0.5, 0.6) is 0 Å². The molecule has 0 saturated heterocycles. The molecule has 0 radical (unpaired) electrons. The Labute approximate surface area is 109 Å². The highest BCUT2D eigenvalue weighted by Crippen LogP contribution is 2.21. The van der Waals surface area contributed by atoms with Gasteiger partial charge in [-0.3, -0.25) is 4.79 Å². The molecule has 0 rings (SSSR count). The number of carbonyl (C=O) groups excluding carboxylic acids is 1. The molecule has 0 aromatic carbocycles. The van der Waals surface area contributed by atoms with E-state index in [0.717, 1.165) is 19.4 Å². The van der Waals surface area contributed by atoms with Crippen LogP contribution in [0.1, 0.15) is 40.5 Å². The molecule has 0 fully saturated rings. The van der Waals surface area contributed by atoms with Crippen LogP contribution in [0.15, 0.2) is 5.16 Å². The van der Waals surface area contributed by atoms with Gasteiger partial charge in [-0.05, 0) is 33.2 Å². The SMILES string of the molecule is CC(C)NC(=O)CNCCCC(C)(C)C(N)=NO. The van der Waals surface area contributed by atoms with Crippen molar-refractivity contribution >= 4 is 11.7 Å². The van der Waals surface area contributed by atoms with Crippen molar-refractivity contribution in [1.82, 2.24) is 10.6 Å². The zero-order valence-corrected chi connectivity index (χ0v) is 11.8. The number of amidine groups is 1. The standard InChI is InChI=1S/C12H26N4O2/c1-9(2)15-10(17)8-14-7-5-6-12(3,4)11(13)16-18/h9,14,18H,5-8H2,1-4H3,(H2,13,16)(H,15,17). The molecule has 6 heteroatoms. The van der Waals surface area contributed by atoms with Crippen LogP contribution in [-0.2, 0) is 4.79 Å². The van der Waals surface area contributed by atoms with E-state index in [2.05, 4.69) is 15.8 Å². The third-order valence-electron chi connectivity index (χ3n) is 2.69. The lowest BCUT2D eigenvalue weighted by molar-refractivity contribution is -0.120. The summed E-state index contributed by atoms with van der Waals surface area (Å²) in [5, 5.41) is 17.5. The summed E-state index contributed by atoms with van der Waals surface area (Å²) in [6.45, 7) is 8.76. The number of amides is 1. The first-order chi connectivity index (χ1) is 8.29. The van der Waals surface area contributed by atoms with Gasteiger partial charge in [0.1, 0.15) is 5.84 Å². The summed E-state index contributed by atoms with van der Waals surface area (Å²) in [5.74, 6) is 0.237. The monoisotopic (exact) mass is 258 g/mol. The minimum atomic E-state index is -0.323. The van der Waals surface area contributed by atoms with Crippen molar-refractivity contribution in [3.8, 4) is 0 Å². The van der Waals surface area contributed by atoms with Crippen LogP contribution in [0, 0.1) is 5.41 Å². The second kappa shape index (κ2) is 7.92. The topological polar surface area (TPSA) is 99.7 Å². The number of nitrogens with one attached hydrogen (secondary N) is 2. The smallest absolute Gasteiger partial charge is 0.234 e. The van der Waals surface area contributed by atoms with Crippen LogP contribution in [0.25, 0.3) is 0 Å². The van der Waals surface area contributed by atoms with E-state index in [9.17, 15) is 4.79 Å². The Bertz CT molecular complexity index is 288. The fourth-order valence-electron chi connectivity index (χ4n) is 1.49. The van der Waals surface area contributed by atoms with E-state index in [0.29, 0.717) is 6.54 Å². The Kier molecular flexibility index (Phi) is 7.35. The lowest BCUT2D eigenvalue weighted by Crippen LogP contribution is -2.38. The average Bonchev–Trinajstić information content (AvgIpc) is 2.26. The Morgan fingerprint density at radius 3 is 2.56 bits per heavy atom. The maximum atomic E-state index is 11.3. The number of carbonyl (C=O) groups is 1. The maximum absolute atomic E-state index is 11.3. The molecule has 106 valence electrons. The molecule has 0 saturated carbocycles. The van der Waals surface area contributed by atoms with Crippen LogP contribution in [0.3, 0.4) is 0 Å². The lowest BCUT2D eigenvalue weighted by Gasteiger charge is -2.22. The van der Waals surface area contributed by atoms with Crippen molar-refractivity contribution in [3.05, 3.63) is 0 Å². The van der Waals surface area contributed by atoms with Crippen molar-refractivity contribution in [3.63, 3.8) is 0 Å². The molecule has 0 aromatic heterocycles. The van der Waals surface area contributed by atoms with E-state index in [-0.39, 0.29) is 23.2 Å². The van der Waals surface area contributed by atoms with Gasteiger partial charge in [-0.2, -0.15) is 0 Å². The first-order valence-electron chi connectivity index (χ1n) is 6.27. The van der Waals surface area contributed by atoms with Gasteiger partial charge in [0.05, 0.1) is 6.54 Å². The summed E-state index contributed by atoms with van der Waals surface area (Å²) in [4.78, 5) is 11.3. The van der Waals surface area contributed by atoms with Gasteiger partial charge >= 0.3 is 0 Å². The van der Waals surface area contributed by atoms with Crippen molar-refractivity contribution in [2.24, 2.45) is 16.3 Å². The van der Waals surface area contributed by atoms with Crippen LogP contribution >= 0.6 is 0 Å². The first kappa shape index (κ1) is 16.7. The number of oxime groups is 1. The third kappa shape index (κ3) is 7.11. The summed E-state index contributed by atoms with van der Waals surface area (Å²) >= 11 is 0. The Balaban J connectivity index is 3.72. The minimum absolute atomic E-state index is 0.000643. The molecule has 0 unspecified atom stereocenters. The van der Waals surface area contributed by atoms with Crippen LogP contribution < -0.4 is 16.4 Å². The fourth-order valence-corrected chi connectivity index (χ4v) is 1.49. The molecule has 18 heavy (non-hydrogen) atoms. The summed E-state index contributed by atoms with van der Waals surface area (Å²) in [7, 11) is 0. The van der Waals surface area contributed by atoms with E-state index < -0.39 is 0 Å². The molecule has 0 atom stereocenters. The predicted octanol–water partition coefficient (Wildman–Crippen LogP) is 0.653.